The van der Waals surface area contributed by atoms with Crippen LogP contribution in [-0.4, -0.2) is 62.2 Å². The zero-order valence-electron chi connectivity index (χ0n) is 14.4. The van der Waals surface area contributed by atoms with Crippen molar-refractivity contribution < 1.29 is 14.3 Å². The van der Waals surface area contributed by atoms with E-state index in [-0.39, 0.29) is 18.0 Å². The Balaban J connectivity index is 2.81. The maximum absolute atomic E-state index is 12.5. The largest absolute Gasteiger partial charge is 0.451 e. The molecule has 1 rings (SSSR count). The van der Waals surface area contributed by atoms with E-state index < -0.39 is 6.09 Å². The SMILES string of the molecule is COC(=O)/N=C(/N(C)C)N(C)C(=O)NC1C(C)CCCC1C. The lowest BCUT2D eigenvalue weighted by Gasteiger charge is -2.36. The van der Waals surface area contributed by atoms with Crippen LogP contribution >= 0.6 is 0 Å². The first-order chi connectivity index (χ1) is 10.3. The van der Waals surface area contributed by atoms with Crippen molar-refractivity contribution in [1.29, 1.82) is 0 Å². The summed E-state index contributed by atoms with van der Waals surface area (Å²) >= 11 is 0. The summed E-state index contributed by atoms with van der Waals surface area (Å²) in [6.45, 7) is 4.33. The maximum Gasteiger partial charge on any atom is 0.436 e. The van der Waals surface area contributed by atoms with Crippen LogP contribution in [-0.2, 0) is 4.74 Å². The van der Waals surface area contributed by atoms with Gasteiger partial charge in [-0.2, -0.15) is 0 Å². The number of carbonyl (C=O) groups is 2. The van der Waals surface area contributed by atoms with Gasteiger partial charge in [-0.15, -0.1) is 4.99 Å². The normalized spacial score (nSPS) is 25.4. The summed E-state index contributed by atoms with van der Waals surface area (Å²) in [6, 6.07) is -0.118. The molecule has 7 nitrogen and oxygen atoms in total. The van der Waals surface area contributed by atoms with Gasteiger partial charge in [-0.05, 0) is 24.7 Å². The van der Waals surface area contributed by atoms with Gasteiger partial charge in [0.25, 0.3) is 0 Å². The third-order valence-electron chi connectivity index (χ3n) is 4.21. The predicted molar refractivity (Wildman–Crippen MR) is 85.8 cm³/mol. The van der Waals surface area contributed by atoms with Crippen LogP contribution in [0.25, 0.3) is 0 Å². The van der Waals surface area contributed by atoms with Crippen molar-refractivity contribution in [3.8, 4) is 0 Å². The van der Waals surface area contributed by atoms with Gasteiger partial charge in [-0.1, -0.05) is 20.3 Å². The number of carbonyl (C=O) groups excluding carboxylic acids is 2. The summed E-state index contributed by atoms with van der Waals surface area (Å²) in [5.74, 6) is 1.13. The highest BCUT2D eigenvalue weighted by Gasteiger charge is 2.30. The molecule has 2 atom stereocenters. The lowest BCUT2D eigenvalue weighted by Crippen LogP contribution is -2.53. The Morgan fingerprint density at radius 1 is 1.14 bits per heavy atom. The van der Waals surface area contributed by atoms with Gasteiger partial charge in [0, 0.05) is 27.2 Å². The van der Waals surface area contributed by atoms with Crippen LogP contribution in [0.3, 0.4) is 0 Å². The monoisotopic (exact) mass is 312 g/mol. The smallest absolute Gasteiger partial charge is 0.436 e. The number of rotatable bonds is 1. The number of urea groups is 1. The number of hydrogen-bond donors (Lipinski definition) is 1. The number of aliphatic imine (C=N–C) groups is 1. The fourth-order valence-electron chi connectivity index (χ4n) is 2.90. The molecule has 3 amide bonds. The van der Waals surface area contributed by atoms with Gasteiger partial charge in [0.15, 0.2) is 0 Å². The molecule has 0 aromatic carbocycles. The first-order valence-electron chi connectivity index (χ1n) is 7.66. The molecule has 7 heteroatoms. The zero-order chi connectivity index (χ0) is 16.9. The number of amides is 3. The molecule has 0 saturated heterocycles. The second-order valence-corrected chi connectivity index (χ2v) is 6.20. The number of ether oxygens (including phenoxy) is 1. The van der Waals surface area contributed by atoms with E-state index in [0.717, 1.165) is 12.8 Å². The average Bonchev–Trinajstić information content (AvgIpc) is 2.47. The third kappa shape index (κ3) is 4.61. The van der Waals surface area contributed by atoms with Crippen molar-refractivity contribution in [2.45, 2.75) is 39.2 Å². The lowest BCUT2D eigenvalue weighted by atomic mass is 9.79. The quantitative estimate of drug-likeness (QED) is 0.594. The second kappa shape index (κ2) is 8.00. The van der Waals surface area contributed by atoms with Gasteiger partial charge < -0.3 is 15.0 Å². The highest BCUT2D eigenvalue weighted by molar-refractivity contribution is 5.99. The Morgan fingerprint density at radius 3 is 2.14 bits per heavy atom. The zero-order valence-corrected chi connectivity index (χ0v) is 14.4. The summed E-state index contributed by atoms with van der Waals surface area (Å²) in [7, 11) is 6.29. The number of hydrogen-bond acceptors (Lipinski definition) is 3. The van der Waals surface area contributed by atoms with Gasteiger partial charge in [0.2, 0.25) is 5.96 Å². The minimum Gasteiger partial charge on any atom is -0.451 e. The van der Waals surface area contributed by atoms with E-state index in [4.69, 9.17) is 0 Å². The standard InChI is InChI=1S/C15H28N4O3/c1-10-8-7-9-11(2)12(10)16-14(20)19(5)13(18(3)4)17-15(21)22-6/h10-12H,7-9H2,1-6H3,(H,16,20)/b17-13-. The first-order valence-corrected chi connectivity index (χ1v) is 7.66. The van der Waals surface area contributed by atoms with Gasteiger partial charge in [-0.3, -0.25) is 4.90 Å². The van der Waals surface area contributed by atoms with Gasteiger partial charge >= 0.3 is 12.1 Å². The number of nitrogens with one attached hydrogen (secondary N) is 1. The van der Waals surface area contributed by atoms with Gasteiger partial charge in [-0.25, -0.2) is 9.59 Å². The van der Waals surface area contributed by atoms with Gasteiger partial charge in [0.05, 0.1) is 7.11 Å². The van der Waals surface area contributed by atoms with E-state index in [9.17, 15) is 9.59 Å². The van der Waals surface area contributed by atoms with Crippen LogP contribution in [0, 0.1) is 11.8 Å². The molecule has 1 saturated carbocycles. The van der Waals surface area contributed by atoms with Crippen LogP contribution in [0.1, 0.15) is 33.1 Å². The molecule has 1 aliphatic rings. The molecule has 0 heterocycles. The molecular formula is C15H28N4O3. The van der Waals surface area contributed by atoms with Crippen molar-refractivity contribution in [3.05, 3.63) is 0 Å². The van der Waals surface area contributed by atoms with Crippen molar-refractivity contribution >= 4 is 18.1 Å². The summed E-state index contributed by atoms with van der Waals surface area (Å²) in [5, 5.41) is 3.07. The molecule has 0 aromatic heterocycles. The maximum atomic E-state index is 12.5. The second-order valence-electron chi connectivity index (χ2n) is 6.20. The molecule has 0 radical (unpaired) electrons. The lowest BCUT2D eigenvalue weighted by molar-refractivity contribution is 0.179. The molecule has 0 spiro atoms. The Morgan fingerprint density at radius 2 is 1.68 bits per heavy atom. The average molecular weight is 312 g/mol. The topological polar surface area (TPSA) is 74.2 Å². The van der Waals surface area contributed by atoms with E-state index in [0.29, 0.717) is 11.8 Å². The number of methoxy groups -OCH3 is 1. The fourth-order valence-corrected chi connectivity index (χ4v) is 2.90. The molecule has 1 aliphatic carbocycles. The molecule has 2 unspecified atom stereocenters. The predicted octanol–water partition coefficient (Wildman–Crippen LogP) is 2.14. The molecule has 126 valence electrons. The Labute approximate surface area is 132 Å². The van der Waals surface area contributed by atoms with E-state index in [1.165, 1.54) is 18.4 Å². The summed E-state index contributed by atoms with van der Waals surface area (Å²) in [6.07, 6.45) is 2.71. The number of guanidine groups is 1. The van der Waals surface area contributed by atoms with Crippen LogP contribution < -0.4 is 5.32 Å². The number of nitrogens with zero attached hydrogens (tertiary/aromatic N) is 3. The van der Waals surface area contributed by atoms with E-state index in [1.54, 1.807) is 26.0 Å². The van der Waals surface area contributed by atoms with Crippen LogP contribution in [0.5, 0.6) is 0 Å². The van der Waals surface area contributed by atoms with E-state index in [2.05, 4.69) is 28.9 Å². The van der Waals surface area contributed by atoms with E-state index >= 15 is 0 Å². The summed E-state index contributed by atoms with van der Waals surface area (Å²) < 4.78 is 4.53. The van der Waals surface area contributed by atoms with Crippen molar-refractivity contribution in [3.63, 3.8) is 0 Å². The highest BCUT2D eigenvalue weighted by atomic mass is 16.5. The van der Waals surface area contributed by atoms with Crippen LogP contribution in [0.4, 0.5) is 9.59 Å². The minimum absolute atomic E-state index is 0.144. The Kier molecular flexibility index (Phi) is 6.64. The third-order valence-corrected chi connectivity index (χ3v) is 4.21. The molecular weight excluding hydrogens is 284 g/mol. The minimum atomic E-state index is -0.734. The molecule has 1 N–H and O–H groups in total. The Bertz CT molecular complexity index is 427. The van der Waals surface area contributed by atoms with Crippen molar-refractivity contribution in [2.24, 2.45) is 16.8 Å². The first kappa shape index (κ1) is 18.3. The van der Waals surface area contributed by atoms with Crippen LogP contribution in [0.2, 0.25) is 0 Å². The molecule has 1 fully saturated rings. The molecule has 22 heavy (non-hydrogen) atoms. The summed E-state index contributed by atoms with van der Waals surface area (Å²) in [4.78, 5) is 30.6. The van der Waals surface area contributed by atoms with E-state index in [1.807, 2.05) is 0 Å². The molecule has 0 bridgehead atoms. The summed E-state index contributed by atoms with van der Waals surface area (Å²) in [5.41, 5.74) is 0. The van der Waals surface area contributed by atoms with Crippen LogP contribution in [0.15, 0.2) is 4.99 Å². The van der Waals surface area contributed by atoms with Crippen molar-refractivity contribution in [2.75, 3.05) is 28.3 Å². The van der Waals surface area contributed by atoms with Crippen molar-refractivity contribution in [1.82, 2.24) is 15.1 Å². The molecule has 0 aromatic rings. The fraction of sp³-hybridized carbons (Fsp3) is 0.800. The van der Waals surface area contributed by atoms with Gasteiger partial charge in [0.1, 0.15) is 0 Å². The molecule has 0 aliphatic heterocycles. The Hall–Kier alpha value is -1.79. The highest BCUT2D eigenvalue weighted by Crippen LogP contribution is 2.28.